The van der Waals surface area contributed by atoms with Crippen LogP contribution >= 0.6 is 11.3 Å². The van der Waals surface area contributed by atoms with Gasteiger partial charge in [-0.25, -0.2) is 9.78 Å². The smallest absolute Gasteiger partial charge is 0.347 e. The van der Waals surface area contributed by atoms with E-state index in [1.165, 1.54) is 11.3 Å². The zero-order valence-corrected chi connectivity index (χ0v) is 14.9. The molecule has 0 fully saturated rings. The molecule has 0 saturated heterocycles. The maximum absolute atomic E-state index is 11.5. The van der Waals surface area contributed by atoms with Crippen LogP contribution in [0, 0.1) is 5.92 Å². The Labute approximate surface area is 132 Å². The number of hydrogen-bond acceptors (Lipinski definition) is 4. The summed E-state index contributed by atoms with van der Waals surface area (Å²) in [6.07, 6.45) is 2.27. The zero-order valence-electron chi connectivity index (χ0n) is 14.1. The van der Waals surface area contributed by atoms with E-state index in [-0.39, 0.29) is 5.41 Å². The minimum atomic E-state index is -0.873. The van der Waals surface area contributed by atoms with Crippen molar-refractivity contribution in [2.45, 2.75) is 59.8 Å². The summed E-state index contributed by atoms with van der Waals surface area (Å²) < 4.78 is 0. The molecule has 21 heavy (non-hydrogen) atoms. The highest BCUT2D eigenvalue weighted by atomic mass is 32.1. The Hall–Kier alpha value is -1.10. The van der Waals surface area contributed by atoms with E-state index in [9.17, 15) is 9.90 Å². The van der Waals surface area contributed by atoms with Crippen molar-refractivity contribution in [3.8, 4) is 0 Å². The molecule has 1 aromatic rings. The Balaban J connectivity index is 3.14. The van der Waals surface area contributed by atoms with Gasteiger partial charge in [-0.1, -0.05) is 58.8 Å². The van der Waals surface area contributed by atoms with Crippen LogP contribution in [0.1, 0.15) is 69.7 Å². The molecule has 0 amide bonds. The minimum absolute atomic E-state index is 0.253. The summed E-state index contributed by atoms with van der Waals surface area (Å²) in [5.41, 5.74) is 0.439. The average Bonchev–Trinajstić information content (AvgIpc) is 2.85. The Morgan fingerprint density at radius 3 is 2.19 bits per heavy atom. The molecule has 120 valence electrons. The van der Waals surface area contributed by atoms with Gasteiger partial charge in [0.05, 0.1) is 5.69 Å². The Kier molecular flexibility index (Phi) is 6.20. The molecule has 1 N–H and O–H groups in total. The molecule has 0 saturated carbocycles. The standard InChI is InChI=1S/C16H28N2O2S/c1-7-11(8-2)10-18(9-3)15-17-13(16(4,5)6)12(21-15)14(19)20/h11H,7-10H2,1-6H3,(H,19,20). The molecule has 1 heterocycles. The van der Waals surface area contributed by atoms with Crippen LogP contribution in [0.15, 0.2) is 0 Å². The molecule has 1 aromatic heterocycles. The molecule has 0 aliphatic heterocycles. The van der Waals surface area contributed by atoms with Gasteiger partial charge in [-0.15, -0.1) is 0 Å². The Morgan fingerprint density at radius 1 is 1.29 bits per heavy atom. The van der Waals surface area contributed by atoms with E-state index in [0.29, 0.717) is 16.5 Å². The summed E-state index contributed by atoms with van der Waals surface area (Å²) in [6, 6.07) is 0. The molecule has 0 atom stereocenters. The zero-order chi connectivity index (χ0) is 16.2. The van der Waals surface area contributed by atoms with Crippen molar-refractivity contribution in [3.63, 3.8) is 0 Å². The van der Waals surface area contributed by atoms with Gasteiger partial charge >= 0.3 is 5.97 Å². The molecule has 0 aliphatic carbocycles. The van der Waals surface area contributed by atoms with Crippen molar-refractivity contribution in [1.82, 2.24) is 4.98 Å². The molecule has 5 heteroatoms. The lowest BCUT2D eigenvalue weighted by atomic mass is 9.91. The number of nitrogens with zero attached hydrogens (tertiary/aromatic N) is 2. The lowest BCUT2D eigenvalue weighted by Gasteiger charge is -2.25. The summed E-state index contributed by atoms with van der Waals surface area (Å²) in [6.45, 7) is 14.3. The second-order valence-electron chi connectivity index (χ2n) is 6.45. The largest absolute Gasteiger partial charge is 0.477 e. The highest BCUT2D eigenvalue weighted by Crippen LogP contribution is 2.34. The van der Waals surface area contributed by atoms with Gasteiger partial charge in [-0.3, -0.25) is 0 Å². The number of hydrogen-bond donors (Lipinski definition) is 1. The van der Waals surface area contributed by atoms with Crippen LogP contribution in [-0.4, -0.2) is 29.1 Å². The summed E-state index contributed by atoms with van der Waals surface area (Å²) >= 11 is 1.31. The predicted octanol–water partition coefficient (Wildman–Crippen LogP) is 4.40. The SMILES string of the molecule is CCC(CC)CN(CC)c1nc(C(C)(C)C)c(C(=O)O)s1. The number of aromatic carboxylic acids is 1. The summed E-state index contributed by atoms with van der Waals surface area (Å²) in [4.78, 5) is 18.7. The number of rotatable bonds is 7. The number of carboxylic acid groups (broad SMARTS) is 1. The fourth-order valence-electron chi connectivity index (χ4n) is 2.30. The topological polar surface area (TPSA) is 53.4 Å². The Bertz CT molecular complexity index is 473. The normalized spacial score (nSPS) is 12.0. The van der Waals surface area contributed by atoms with Gasteiger partial charge < -0.3 is 10.0 Å². The number of carbonyl (C=O) groups is 1. The van der Waals surface area contributed by atoms with E-state index >= 15 is 0 Å². The molecule has 0 spiro atoms. The van der Waals surface area contributed by atoms with E-state index in [0.717, 1.165) is 31.1 Å². The second-order valence-corrected chi connectivity index (χ2v) is 7.43. The quantitative estimate of drug-likeness (QED) is 0.810. The second kappa shape index (κ2) is 7.25. The van der Waals surface area contributed by atoms with Crippen LogP contribution < -0.4 is 4.90 Å². The fraction of sp³-hybridized carbons (Fsp3) is 0.750. The maximum Gasteiger partial charge on any atom is 0.347 e. The van der Waals surface area contributed by atoms with Gasteiger partial charge in [0.1, 0.15) is 4.88 Å². The summed E-state index contributed by atoms with van der Waals surface area (Å²) in [5, 5.41) is 10.3. The third-order valence-electron chi connectivity index (χ3n) is 3.81. The molecule has 0 radical (unpaired) electrons. The van der Waals surface area contributed by atoms with Crippen molar-refractivity contribution < 1.29 is 9.90 Å². The number of carboxylic acids is 1. The van der Waals surface area contributed by atoms with E-state index in [1.54, 1.807) is 0 Å². The van der Waals surface area contributed by atoms with Gasteiger partial charge in [0.15, 0.2) is 5.13 Å². The van der Waals surface area contributed by atoms with Crippen LogP contribution in [-0.2, 0) is 5.41 Å². The van der Waals surface area contributed by atoms with E-state index in [1.807, 2.05) is 20.8 Å². The van der Waals surface area contributed by atoms with Crippen molar-refractivity contribution in [2.75, 3.05) is 18.0 Å². The highest BCUT2D eigenvalue weighted by molar-refractivity contribution is 7.17. The van der Waals surface area contributed by atoms with E-state index in [4.69, 9.17) is 0 Å². The van der Waals surface area contributed by atoms with Gasteiger partial charge in [0.25, 0.3) is 0 Å². The molecule has 0 aliphatic rings. The van der Waals surface area contributed by atoms with Gasteiger partial charge in [0.2, 0.25) is 0 Å². The number of aromatic nitrogens is 1. The first kappa shape index (κ1) is 18.0. The van der Waals surface area contributed by atoms with Gasteiger partial charge in [-0.2, -0.15) is 0 Å². The monoisotopic (exact) mass is 312 g/mol. The first-order valence-corrected chi connectivity index (χ1v) is 8.55. The molecule has 0 unspecified atom stereocenters. The minimum Gasteiger partial charge on any atom is -0.477 e. The first-order valence-electron chi connectivity index (χ1n) is 7.74. The third-order valence-corrected chi connectivity index (χ3v) is 4.91. The molecule has 4 nitrogen and oxygen atoms in total. The molecular weight excluding hydrogens is 284 g/mol. The van der Waals surface area contributed by atoms with Crippen molar-refractivity contribution in [3.05, 3.63) is 10.6 Å². The lowest BCUT2D eigenvalue weighted by molar-refractivity contribution is 0.0699. The lowest BCUT2D eigenvalue weighted by Crippen LogP contribution is -2.29. The molecule has 1 rings (SSSR count). The van der Waals surface area contributed by atoms with Crippen molar-refractivity contribution in [1.29, 1.82) is 0 Å². The fourth-order valence-corrected chi connectivity index (χ4v) is 3.49. The third kappa shape index (κ3) is 4.43. The molecule has 0 bridgehead atoms. The molecular formula is C16H28N2O2S. The van der Waals surface area contributed by atoms with Gasteiger partial charge in [-0.05, 0) is 12.8 Å². The maximum atomic E-state index is 11.5. The number of anilines is 1. The van der Waals surface area contributed by atoms with Crippen LogP contribution in [0.5, 0.6) is 0 Å². The van der Waals surface area contributed by atoms with Crippen LogP contribution in [0.25, 0.3) is 0 Å². The molecule has 0 aromatic carbocycles. The first-order chi connectivity index (χ1) is 9.74. The van der Waals surface area contributed by atoms with Crippen LogP contribution in [0.4, 0.5) is 5.13 Å². The van der Waals surface area contributed by atoms with Crippen molar-refractivity contribution in [2.24, 2.45) is 5.92 Å². The predicted molar refractivity (Wildman–Crippen MR) is 89.7 cm³/mol. The summed E-state index contributed by atoms with van der Waals surface area (Å²) in [5.74, 6) is -0.248. The van der Waals surface area contributed by atoms with Crippen LogP contribution in [0.2, 0.25) is 0 Å². The highest BCUT2D eigenvalue weighted by Gasteiger charge is 2.28. The average molecular weight is 312 g/mol. The van der Waals surface area contributed by atoms with E-state index < -0.39 is 5.97 Å². The van der Waals surface area contributed by atoms with Gasteiger partial charge in [0, 0.05) is 18.5 Å². The van der Waals surface area contributed by atoms with E-state index in [2.05, 4.69) is 30.7 Å². The van der Waals surface area contributed by atoms with Crippen LogP contribution in [0.3, 0.4) is 0 Å². The Morgan fingerprint density at radius 2 is 1.86 bits per heavy atom. The summed E-state index contributed by atoms with van der Waals surface area (Å²) in [7, 11) is 0. The van der Waals surface area contributed by atoms with Crippen molar-refractivity contribution >= 4 is 22.4 Å². The number of thiazole rings is 1.